The van der Waals surface area contributed by atoms with Gasteiger partial charge in [0.15, 0.2) is 5.96 Å². The lowest BCUT2D eigenvalue weighted by Gasteiger charge is -2.16. The minimum atomic E-state index is -0.556. The van der Waals surface area contributed by atoms with Crippen LogP contribution in [0.5, 0.6) is 0 Å². The lowest BCUT2D eigenvalue weighted by atomic mass is 10.2. The van der Waals surface area contributed by atoms with Crippen LogP contribution in [0.1, 0.15) is 36.7 Å². The van der Waals surface area contributed by atoms with Gasteiger partial charge < -0.3 is 20.5 Å². The summed E-state index contributed by atoms with van der Waals surface area (Å²) in [5.74, 6) is 1.38. The van der Waals surface area contributed by atoms with E-state index in [1.54, 1.807) is 0 Å². The van der Waals surface area contributed by atoms with Gasteiger partial charge >= 0.3 is 0 Å². The Morgan fingerprint density at radius 3 is 2.79 bits per heavy atom. The van der Waals surface area contributed by atoms with Crippen molar-refractivity contribution in [3.05, 3.63) is 47.3 Å². The van der Waals surface area contributed by atoms with Crippen LogP contribution in [0.15, 0.2) is 35.3 Å². The topological polar surface area (TPSA) is 83.7 Å². The van der Waals surface area contributed by atoms with Crippen LogP contribution in [0.25, 0.3) is 5.69 Å². The number of aromatic nitrogens is 2. The van der Waals surface area contributed by atoms with Gasteiger partial charge in [0.1, 0.15) is 0 Å². The van der Waals surface area contributed by atoms with E-state index in [0.29, 0.717) is 31.6 Å². The Morgan fingerprint density at radius 2 is 2.10 bits per heavy atom. The number of aliphatic hydroxyl groups is 1. The van der Waals surface area contributed by atoms with Gasteiger partial charge in [-0.1, -0.05) is 18.2 Å². The number of para-hydroxylation sites is 1. The molecule has 1 aliphatic carbocycles. The monoisotopic (exact) mass is 399 g/mol. The van der Waals surface area contributed by atoms with Gasteiger partial charge in [0.05, 0.1) is 30.6 Å². The molecule has 1 aromatic heterocycles. The molecule has 0 bridgehead atoms. The molecule has 1 saturated carbocycles. The normalized spacial score (nSPS) is 15.4. The van der Waals surface area contributed by atoms with Crippen molar-refractivity contribution in [2.45, 2.75) is 46.3 Å². The molecule has 29 heavy (non-hydrogen) atoms. The Morgan fingerprint density at radius 1 is 1.31 bits per heavy atom. The lowest BCUT2D eigenvalue weighted by Crippen LogP contribution is -2.42. The molecular weight excluding hydrogens is 366 g/mol. The highest BCUT2D eigenvalue weighted by Gasteiger charge is 2.21. The Balaban J connectivity index is 1.60. The van der Waals surface area contributed by atoms with Gasteiger partial charge in [-0.3, -0.25) is 0 Å². The third-order valence-corrected chi connectivity index (χ3v) is 4.85. The van der Waals surface area contributed by atoms with E-state index in [-0.39, 0.29) is 0 Å². The SMILES string of the molecule is CCNC(=NCc1ccccc1-n1nc(C)cc1C)NCC(O)COCC1CC1. The molecule has 0 saturated heterocycles. The summed E-state index contributed by atoms with van der Waals surface area (Å²) in [6.45, 7) is 8.84. The van der Waals surface area contributed by atoms with E-state index in [1.807, 2.05) is 30.7 Å². The van der Waals surface area contributed by atoms with Gasteiger partial charge in [0.25, 0.3) is 0 Å². The number of aryl methyl sites for hydroxylation is 2. The minimum Gasteiger partial charge on any atom is -0.389 e. The van der Waals surface area contributed by atoms with Crippen LogP contribution in [-0.2, 0) is 11.3 Å². The number of aliphatic imine (C=N–C) groups is 1. The van der Waals surface area contributed by atoms with Crippen molar-refractivity contribution in [2.75, 3.05) is 26.3 Å². The number of rotatable bonds is 10. The minimum absolute atomic E-state index is 0.351. The second-order valence-electron chi connectivity index (χ2n) is 7.68. The smallest absolute Gasteiger partial charge is 0.191 e. The average molecular weight is 400 g/mol. The second-order valence-corrected chi connectivity index (χ2v) is 7.68. The third-order valence-electron chi connectivity index (χ3n) is 4.85. The molecule has 7 heteroatoms. The van der Waals surface area contributed by atoms with Crippen molar-refractivity contribution in [1.82, 2.24) is 20.4 Å². The van der Waals surface area contributed by atoms with E-state index < -0.39 is 6.10 Å². The fraction of sp³-hybridized carbons (Fsp3) is 0.545. The Labute approximate surface area is 173 Å². The van der Waals surface area contributed by atoms with E-state index in [2.05, 4.69) is 40.9 Å². The van der Waals surface area contributed by atoms with E-state index in [0.717, 1.165) is 35.8 Å². The van der Waals surface area contributed by atoms with Crippen molar-refractivity contribution in [1.29, 1.82) is 0 Å². The number of hydrogen-bond donors (Lipinski definition) is 3. The fourth-order valence-corrected chi connectivity index (χ4v) is 3.16. The molecule has 0 spiro atoms. The zero-order chi connectivity index (χ0) is 20.6. The summed E-state index contributed by atoms with van der Waals surface area (Å²) < 4.78 is 7.52. The Kier molecular flexibility index (Phi) is 7.66. The molecular formula is C22H33N5O2. The van der Waals surface area contributed by atoms with Crippen LogP contribution in [0, 0.1) is 19.8 Å². The highest BCUT2D eigenvalue weighted by molar-refractivity contribution is 5.79. The van der Waals surface area contributed by atoms with E-state index >= 15 is 0 Å². The first-order valence-corrected chi connectivity index (χ1v) is 10.5. The summed E-state index contributed by atoms with van der Waals surface area (Å²) in [6, 6.07) is 10.2. The molecule has 1 heterocycles. The van der Waals surface area contributed by atoms with Crippen LogP contribution in [0.3, 0.4) is 0 Å². The van der Waals surface area contributed by atoms with Crippen molar-refractivity contribution in [3.8, 4) is 5.69 Å². The number of ether oxygens (including phenoxy) is 1. The number of nitrogens with one attached hydrogen (secondary N) is 2. The number of benzene rings is 1. The first kappa shape index (κ1) is 21.3. The molecule has 1 aliphatic rings. The molecule has 2 aromatic rings. The summed E-state index contributed by atoms with van der Waals surface area (Å²) in [5, 5.41) is 21.2. The predicted octanol–water partition coefficient (Wildman–Crippen LogP) is 2.33. The van der Waals surface area contributed by atoms with E-state index in [1.165, 1.54) is 12.8 Å². The maximum Gasteiger partial charge on any atom is 0.191 e. The first-order valence-electron chi connectivity index (χ1n) is 10.5. The average Bonchev–Trinajstić information content (AvgIpc) is 3.46. The van der Waals surface area contributed by atoms with Gasteiger partial charge in [-0.25, -0.2) is 9.67 Å². The van der Waals surface area contributed by atoms with E-state index in [4.69, 9.17) is 9.73 Å². The summed E-state index contributed by atoms with van der Waals surface area (Å²) in [5.41, 5.74) is 4.21. The first-order chi connectivity index (χ1) is 14.1. The van der Waals surface area contributed by atoms with Gasteiger partial charge in [0.2, 0.25) is 0 Å². The molecule has 1 atom stereocenters. The zero-order valence-electron chi connectivity index (χ0n) is 17.7. The molecule has 1 aromatic carbocycles. The van der Waals surface area contributed by atoms with E-state index in [9.17, 15) is 5.11 Å². The van der Waals surface area contributed by atoms with Crippen LogP contribution in [0.4, 0.5) is 0 Å². The van der Waals surface area contributed by atoms with Gasteiger partial charge in [-0.2, -0.15) is 5.10 Å². The molecule has 3 rings (SSSR count). The molecule has 0 aliphatic heterocycles. The quantitative estimate of drug-likeness (QED) is 0.422. The Hall–Kier alpha value is -2.38. The predicted molar refractivity (Wildman–Crippen MR) is 115 cm³/mol. The summed E-state index contributed by atoms with van der Waals surface area (Å²) in [6.07, 6.45) is 1.95. The zero-order valence-corrected chi connectivity index (χ0v) is 17.7. The summed E-state index contributed by atoms with van der Waals surface area (Å²) in [7, 11) is 0. The van der Waals surface area contributed by atoms with Gasteiger partial charge in [-0.15, -0.1) is 0 Å². The largest absolute Gasteiger partial charge is 0.389 e. The number of nitrogens with zero attached hydrogens (tertiary/aromatic N) is 3. The number of hydrogen-bond acceptors (Lipinski definition) is 4. The van der Waals surface area contributed by atoms with Crippen LogP contribution >= 0.6 is 0 Å². The number of guanidine groups is 1. The van der Waals surface area contributed by atoms with Crippen LogP contribution in [-0.4, -0.2) is 53.3 Å². The highest BCUT2D eigenvalue weighted by atomic mass is 16.5. The fourth-order valence-electron chi connectivity index (χ4n) is 3.16. The highest BCUT2D eigenvalue weighted by Crippen LogP contribution is 2.28. The third kappa shape index (κ3) is 6.58. The van der Waals surface area contributed by atoms with Gasteiger partial charge in [0, 0.05) is 25.4 Å². The number of aliphatic hydroxyl groups excluding tert-OH is 1. The second kappa shape index (κ2) is 10.4. The summed E-state index contributed by atoms with van der Waals surface area (Å²) >= 11 is 0. The maximum absolute atomic E-state index is 10.1. The maximum atomic E-state index is 10.1. The molecule has 158 valence electrons. The molecule has 0 amide bonds. The lowest BCUT2D eigenvalue weighted by molar-refractivity contribution is 0.0345. The van der Waals surface area contributed by atoms with Crippen molar-refractivity contribution in [2.24, 2.45) is 10.9 Å². The standard InChI is InChI=1S/C22H33N5O2/c1-4-23-22(25-13-20(28)15-29-14-18-9-10-18)24-12-19-7-5-6-8-21(19)27-17(3)11-16(2)26-27/h5-8,11,18,20,28H,4,9-10,12-15H2,1-3H3,(H2,23,24,25). The van der Waals surface area contributed by atoms with Crippen molar-refractivity contribution < 1.29 is 9.84 Å². The Bertz CT molecular complexity index is 813. The molecule has 0 radical (unpaired) electrons. The van der Waals surface area contributed by atoms with Crippen LogP contribution in [0.2, 0.25) is 0 Å². The molecule has 3 N–H and O–H groups in total. The molecule has 7 nitrogen and oxygen atoms in total. The molecule has 1 fully saturated rings. The van der Waals surface area contributed by atoms with Crippen LogP contribution < -0.4 is 10.6 Å². The molecule has 1 unspecified atom stereocenters. The van der Waals surface area contributed by atoms with Crippen molar-refractivity contribution in [3.63, 3.8) is 0 Å². The summed E-state index contributed by atoms with van der Waals surface area (Å²) in [4.78, 5) is 4.70. The van der Waals surface area contributed by atoms with Gasteiger partial charge in [-0.05, 0) is 57.2 Å². The van der Waals surface area contributed by atoms with Crippen molar-refractivity contribution >= 4 is 5.96 Å².